The molecule has 2 heterocycles. The first kappa shape index (κ1) is 16.5. The van der Waals surface area contributed by atoms with Crippen molar-refractivity contribution in [1.82, 2.24) is 9.97 Å². The molecule has 3 rings (SSSR count). The number of methoxy groups -OCH3 is 1. The van der Waals surface area contributed by atoms with Gasteiger partial charge in [0.05, 0.1) is 12.7 Å². The number of ether oxygens (including phenoxy) is 3. The summed E-state index contributed by atoms with van der Waals surface area (Å²) in [7, 11) is 2.95. The lowest BCUT2D eigenvalue weighted by Crippen LogP contribution is -2.25. The number of hydrogen-bond acceptors (Lipinski definition) is 9. The Morgan fingerprint density at radius 2 is 2.04 bits per heavy atom. The molecule has 1 aromatic carbocycles. The molecule has 0 fully saturated rings. The molecule has 0 saturated carbocycles. The highest BCUT2D eigenvalue weighted by Gasteiger charge is 2.22. The van der Waals surface area contributed by atoms with Crippen LogP contribution in [0.25, 0.3) is 0 Å². The van der Waals surface area contributed by atoms with E-state index in [1.807, 2.05) is 12.1 Å². The van der Waals surface area contributed by atoms with E-state index in [0.717, 1.165) is 0 Å². The van der Waals surface area contributed by atoms with E-state index in [4.69, 9.17) is 23.9 Å². The van der Waals surface area contributed by atoms with E-state index in [1.54, 1.807) is 18.2 Å². The van der Waals surface area contributed by atoms with Crippen LogP contribution in [0.4, 0.5) is 0 Å². The third kappa shape index (κ3) is 3.94. The smallest absolute Gasteiger partial charge is 0.325 e. The topological polar surface area (TPSA) is 96.7 Å². The fourth-order valence-electron chi connectivity index (χ4n) is 2.05. The van der Waals surface area contributed by atoms with Gasteiger partial charge in [0, 0.05) is 12.3 Å². The summed E-state index contributed by atoms with van der Waals surface area (Å²) in [5.74, 6) is 1.04. The molecule has 2 aromatic rings. The van der Waals surface area contributed by atoms with E-state index in [9.17, 15) is 0 Å². The maximum absolute atomic E-state index is 5.78. The van der Waals surface area contributed by atoms with Crippen molar-refractivity contribution in [3.63, 3.8) is 0 Å². The third-order valence-corrected chi connectivity index (χ3v) is 3.11. The molecular weight excluding hydrogens is 328 g/mol. The van der Waals surface area contributed by atoms with E-state index >= 15 is 0 Å². The van der Waals surface area contributed by atoms with Gasteiger partial charge in [0.2, 0.25) is 5.88 Å². The number of aromatic nitrogens is 2. The van der Waals surface area contributed by atoms with Gasteiger partial charge in [-0.15, -0.1) is 0 Å². The summed E-state index contributed by atoms with van der Waals surface area (Å²) in [5.41, 5.74) is 0.917. The van der Waals surface area contributed by atoms with Gasteiger partial charge in [0.15, 0.2) is 12.3 Å². The van der Waals surface area contributed by atoms with E-state index in [-0.39, 0.29) is 11.9 Å². The van der Waals surface area contributed by atoms with E-state index in [1.165, 1.54) is 20.4 Å². The molecule has 130 valence electrons. The van der Waals surface area contributed by atoms with Crippen molar-refractivity contribution in [1.29, 1.82) is 0 Å². The van der Waals surface area contributed by atoms with Crippen LogP contribution >= 0.6 is 0 Å². The van der Waals surface area contributed by atoms with Crippen molar-refractivity contribution in [2.75, 3.05) is 27.4 Å². The first-order valence-electron chi connectivity index (χ1n) is 7.40. The average Bonchev–Trinajstić information content (AvgIpc) is 2.68. The van der Waals surface area contributed by atoms with Gasteiger partial charge >= 0.3 is 6.01 Å². The SMILES string of the molecule is CO/N=C(/C1=NOCCO1)c1ccccc1Oc1nccc(OC)n1. The molecule has 1 aliphatic rings. The fraction of sp³-hybridized carbons (Fsp3) is 0.250. The summed E-state index contributed by atoms with van der Waals surface area (Å²) in [5, 5.41) is 7.87. The van der Waals surface area contributed by atoms with Crippen LogP contribution in [-0.4, -0.2) is 49.0 Å². The van der Waals surface area contributed by atoms with Crippen LogP contribution in [0.2, 0.25) is 0 Å². The lowest BCUT2D eigenvalue weighted by molar-refractivity contribution is 0.0672. The second kappa shape index (κ2) is 7.95. The predicted molar refractivity (Wildman–Crippen MR) is 88.0 cm³/mol. The van der Waals surface area contributed by atoms with Gasteiger partial charge in [0.25, 0.3) is 5.90 Å². The maximum Gasteiger partial charge on any atom is 0.325 e. The zero-order chi connectivity index (χ0) is 17.5. The molecule has 0 atom stereocenters. The minimum absolute atomic E-state index is 0.131. The van der Waals surface area contributed by atoms with Gasteiger partial charge in [-0.1, -0.05) is 17.3 Å². The van der Waals surface area contributed by atoms with E-state index in [2.05, 4.69) is 20.3 Å². The molecule has 0 bridgehead atoms. The standard InChI is InChI=1S/C16H16N4O5/c1-21-13-7-8-17-16(18-13)25-12-6-4-3-5-11(12)14(19-22-2)15-20-24-10-9-23-15/h3-8H,9-10H2,1-2H3/b19-14+. The molecule has 0 N–H and O–H groups in total. The molecule has 1 aromatic heterocycles. The number of nitrogens with zero attached hydrogens (tertiary/aromatic N) is 4. The minimum Gasteiger partial charge on any atom is -0.481 e. The van der Waals surface area contributed by atoms with Crippen LogP contribution in [0.15, 0.2) is 46.8 Å². The molecule has 0 unspecified atom stereocenters. The predicted octanol–water partition coefficient (Wildman–Crippen LogP) is 1.99. The number of para-hydroxylation sites is 1. The zero-order valence-corrected chi connectivity index (χ0v) is 13.7. The first-order valence-corrected chi connectivity index (χ1v) is 7.40. The monoisotopic (exact) mass is 344 g/mol. The Bertz CT molecular complexity index is 794. The van der Waals surface area contributed by atoms with Crippen molar-refractivity contribution in [3.8, 4) is 17.6 Å². The van der Waals surface area contributed by atoms with Gasteiger partial charge in [-0.05, 0) is 17.3 Å². The number of hydrogen-bond donors (Lipinski definition) is 0. The molecule has 25 heavy (non-hydrogen) atoms. The van der Waals surface area contributed by atoms with Gasteiger partial charge in [-0.25, -0.2) is 4.98 Å². The molecule has 0 spiro atoms. The maximum atomic E-state index is 5.78. The number of benzene rings is 1. The highest BCUT2D eigenvalue weighted by molar-refractivity contribution is 6.45. The Labute approximate surface area is 143 Å². The molecule has 0 amide bonds. The van der Waals surface area contributed by atoms with Crippen molar-refractivity contribution >= 4 is 11.6 Å². The first-order chi connectivity index (χ1) is 12.3. The largest absolute Gasteiger partial charge is 0.481 e. The highest BCUT2D eigenvalue weighted by atomic mass is 16.7. The summed E-state index contributed by atoms with van der Waals surface area (Å²) in [6.45, 7) is 0.739. The van der Waals surface area contributed by atoms with Gasteiger partial charge < -0.3 is 23.9 Å². The summed E-state index contributed by atoms with van der Waals surface area (Å²) in [6, 6.07) is 8.92. The molecule has 0 aliphatic carbocycles. The molecular formula is C16H16N4O5. The Hall–Kier alpha value is -3.36. The molecule has 0 radical (unpaired) electrons. The lowest BCUT2D eigenvalue weighted by atomic mass is 10.1. The van der Waals surface area contributed by atoms with Gasteiger partial charge in [-0.3, -0.25) is 0 Å². The van der Waals surface area contributed by atoms with Crippen molar-refractivity contribution in [3.05, 3.63) is 42.1 Å². The van der Waals surface area contributed by atoms with Gasteiger partial charge in [0.1, 0.15) is 19.5 Å². The van der Waals surface area contributed by atoms with Crippen LogP contribution in [0.5, 0.6) is 17.6 Å². The number of oxime groups is 2. The lowest BCUT2D eigenvalue weighted by Gasteiger charge is -2.16. The Morgan fingerprint density at radius 1 is 1.16 bits per heavy atom. The minimum atomic E-state index is 0.131. The quantitative estimate of drug-likeness (QED) is 0.584. The third-order valence-electron chi connectivity index (χ3n) is 3.11. The van der Waals surface area contributed by atoms with E-state index in [0.29, 0.717) is 36.1 Å². The van der Waals surface area contributed by atoms with Crippen LogP contribution in [0, 0.1) is 0 Å². The Morgan fingerprint density at radius 3 is 2.80 bits per heavy atom. The summed E-state index contributed by atoms with van der Waals surface area (Å²) >= 11 is 0. The molecule has 9 nitrogen and oxygen atoms in total. The normalized spacial score (nSPS) is 14.0. The molecule has 1 aliphatic heterocycles. The summed E-state index contributed by atoms with van der Waals surface area (Å²) < 4.78 is 16.3. The average molecular weight is 344 g/mol. The number of rotatable bonds is 6. The Balaban J connectivity index is 1.96. The second-order valence-corrected chi connectivity index (χ2v) is 4.68. The molecule has 9 heteroatoms. The Kier molecular flexibility index (Phi) is 5.25. The second-order valence-electron chi connectivity index (χ2n) is 4.68. The van der Waals surface area contributed by atoms with Crippen molar-refractivity contribution in [2.24, 2.45) is 10.3 Å². The van der Waals surface area contributed by atoms with Crippen LogP contribution in [0.3, 0.4) is 0 Å². The summed E-state index contributed by atoms with van der Waals surface area (Å²) in [4.78, 5) is 18.2. The van der Waals surface area contributed by atoms with Crippen molar-refractivity contribution in [2.45, 2.75) is 0 Å². The van der Waals surface area contributed by atoms with Crippen LogP contribution in [-0.2, 0) is 14.4 Å². The zero-order valence-electron chi connectivity index (χ0n) is 13.7. The van der Waals surface area contributed by atoms with Gasteiger partial charge in [-0.2, -0.15) is 4.98 Å². The highest BCUT2D eigenvalue weighted by Crippen LogP contribution is 2.25. The van der Waals surface area contributed by atoms with Crippen LogP contribution in [0.1, 0.15) is 5.56 Å². The van der Waals surface area contributed by atoms with Crippen LogP contribution < -0.4 is 9.47 Å². The summed E-state index contributed by atoms with van der Waals surface area (Å²) in [6.07, 6.45) is 1.54. The van der Waals surface area contributed by atoms with Crippen molar-refractivity contribution < 1.29 is 23.9 Å². The molecule has 0 saturated heterocycles. The fourth-order valence-corrected chi connectivity index (χ4v) is 2.05. The van der Waals surface area contributed by atoms with E-state index < -0.39 is 0 Å².